The van der Waals surface area contributed by atoms with Crippen LogP contribution < -0.4 is 0 Å². The number of aliphatic hydroxyl groups is 1. The predicted molar refractivity (Wildman–Crippen MR) is 135 cm³/mol. The van der Waals surface area contributed by atoms with Gasteiger partial charge < -0.3 is 40.2 Å². The van der Waals surface area contributed by atoms with Gasteiger partial charge in [-0.25, -0.2) is 14.4 Å². The van der Waals surface area contributed by atoms with E-state index in [-0.39, 0.29) is 40.5 Å². The lowest BCUT2D eigenvalue weighted by atomic mass is 10.2. The van der Waals surface area contributed by atoms with Gasteiger partial charge in [-0.2, -0.15) is 0 Å². The van der Waals surface area contributed by atoms with E-state index in [2.05, 4.69) is 21.1 Å². The van der Waals surface area contributed by atoms with Crippen molar-refractivity contribution in [1.82, 2.24) is 0 Å². The van der Waals surface area contributed by atoms with Crippen LogP contribution in [0.2, 0.25) is 0 Å². The Morgan fingerprint density at radius 2 is 0.811 bits per heavy atom. The van der Waals surface area contributed by atoms with Gasteiger partial charge in [0.1, 0.15) is 40.5 Å². The summed E-state index contributed by atoms with van der Waals surface area (Å²) in [5, 5.41) is 60.3. The molecule has 3 aromatic carbocycles. The molecule has 0 atom stereocenters. The second-order valence-corrected chi connectivity index (χ2v) is 8.20. The van der Waals surface area contributed by atoms with Crippen LogP contribution in [-0.2, 0) is 0 Å². The maximum Gasteiger partial charge on any atom is 0.339 e. The zero-order valence-corrected chi connectivity index (χ0v) is 20.6. The van der Waals surface area contributed by atoms with Crippen molar-refractivity contribution >= 4 is 17.9 Å². The van der Waals surface area contributed by atoms with Crippen LogP contribution in [0.25, 0.3) is 0 Å². The molecule has 0 amide bonds. The molecule has 3 aromatic rings. The highest BCUT2D eigenvalue weighted by Gasteiger charge is 2.07. The van der Waals surface area contributed by atoms with E-state index >= 15 is 0 Å². The van der Waals surface area contributed by atoms with Crippen LogP contribution in [0.5, 0.6) is 17.2 Å². The monoisotopic (exact) mass is 518 g/mol. The highest BCUT2D eigenvalue weighted by Crippen LogP contribution is 2.15. The Morgan fingerprint density at radius 3 is 0.919 bits per heavy atom. The fraction of sp³-hybridized carbons (Fsp3) is 0.192. The maximum absolute atomic E-state index is 10.3. The minimum absolute atomic E-state index is 0.0671. The number of para-hydroxylation sites is 3. The maximum atomic E-state index is 10.3. The van der Waals surface area contributed by atoms with Crippen molar-refractivity contribution < 1.29 is 54.6 Å². The molecule has 0 saturated carbocycles. The number of carbonyl (C=O) groups is 3. The van der Waals surface area contributed by atoms with Crippen molar-refractivity contribution in [2.75, 3.05) is 34.3 Å². The van der Waals surface area contributed by atoms with Crippen molar-refractivity contribution in [1.29, 1.82) is 0 Å². The summed E-state index contributed by atoms with van der Waals surface area (Å²) in [6, 6.07) is 17.4. The van der Waals surface area contributed by atoms with Crippen LogP contribution in [0, 0.1) is 0 Å². The summed E-state index contributed by atoms with van der Waals surface area (Å²) in [6.45, 7) is 1.11. The Kier molecular flexibility index (Phi) is 14.1. The van der Waals surface area contributed by atoms with E-state index in [0.29, 0.717) is 0 Å². The molecule has 0 aliphatic rings. The molecule has 11 nitrogen and oxygen atoms in total. The number of hydrogen-bond acceptors (Lipinski definition) is 7. The molecule has 0 aromatic heterocycles. The molecule has 11 heteroatoms. The Labute approximate surface area is 213 Å². The van der Waals surface area contributed by atoms with Crippen LogP contribution in [0.1, 0.15) is 31.1 Å². The molecule has 0 aliphatic carbocycles. The van der Waals surface area contributed by atoms with Crippen molar-refractivity contribution in [3.63, 3.8) is 0 Å². The lowest BCUT2D eigenvalue weighted by molar-refractivity contribution is -0.870. The number of hydrogen-bond donors (Lipinski definition) is 7. The summed E-state index contributed by atoms with van der Waals surface area (Å²) in [5.41, 5.74) is -0.201. The van der Waals surface area contributed by atoms with Gasteiger partial charge in [0.2, 0.25) is 0 Å². The normalized spacial score (nSPS) is 9.73. The third kappa shape index (κ3) is 13.8. The summed E-state index contributed by atoms with van der Waals surface area (Å²) in [6.07, 6.45) is 0. The van der Waals surface area contributed by atoms with Crippen molar-refractivity contribution in [2.45, 2.75) is 0 Å². The van der Waals surface area contributed by atoms with E-state index in [0.717, 1.165) is 11.0 Å². The van der Waals surface area contributed by atoms with Crippen LogP contribution in [0.15, 0.2) is 72.8 Å². The molecular weight excluding hydrogens is 486 g/mol. The number of rotatable bonds is 5. The van der Waals surface area contributed by atoms with Crippen LogP contribution in [0.4, 0.5) is 0 Å². The molecule has 0 saturated heterocycles. The van der Waals surface area contributed by atoms with Gasteiger partial charge in [-0.1, -0.05) is 36.4 Å². The Bertz CT molecular complexity index is 1020. The van der Waals surface area contributed by atoms with E-state index in [9.17, 15) is 14.4 Å². The molecular formula is C26H32NO10+. The number of benzene rings is 3. The molecule has 0 aliphatic heterocycles. The van der Waals surface area contributed by atoms with Gasteiger partial charge in [-0.15, -0.1) is 0 Å². The Balaban J connectivity index is 0.000000472. The Morgan fingerprint density at radius 1 is 0.568 bits per heavy atom. The minimum atomic E-state index is -1.11. The Hall–Kier alpha value is -4.61. The van der Waals surface area contributed by atoms with Gasteiger partial charge in [0, 0.05) is 0 Å². The van der Waals surface area contributed by atoms with E-state index < -0.39 is 17.9 Å². The summed E-state index contributed by atoms with van der Waals surface area (Å²) in [5.74, 6) is -3.94. The lowest BCUT2D eigenvalue weighted by Gasteiger charge is -2.21. The molecule has 37 heavy (non-hydrogen) atoms. The predicted octanol–water partition coefficient (Wildman–Crippen LogP) is 2.96. The quantitative estimate of drug-likeness (QED) is 0.247. The smallest absolute Gasteiger partial charge is 0.339 e. The topological polar surface area (TPSA) is 193 Å². The highest BCUT2D eigenvalue weighted by molar-refractivity contribution is 5.91. The van der Waals surface area contributed by atoms with Crippen LogP contribution in [-0.4, -0.2) is 92.4 Å². The molecule has 0 fully saturated rings. The van der Waals surface area contributed by atoms with E-state index in [1.807, 2.05) is 0 Å². The molecule has 0 heterocycles. The largest absolute Gasteiger partial charge is 0.507 e. The number of nitrogens with zero attached hydrogens (tertiary/aromatic N) is 1. The van der Waals surface area contributed by atoms with Crippen LogP contribution in [0.3, 0.4) is 0 Å². The first-order valence-electron chi connectivity index (χ1n) is 10.7. The minimum Gasteiger partial charge on any atom is -0.507 e. The molecule has 3 rings (SSSR count). The summed E-state index contributed by atoms with van der Waals surface area (Å²) >= 11 is 0. The van der Waals surface area contributed by atoms with E-state index in [1.54, 1.807) is 36.4 Å². The summed E-state index contributed by atoms with van der Waals surface area (Å²) < 4.78 is 0.844. The second kappa shape index (κ2) is 16.1. The number of likely N-dealkylation sites (N-methyl/N-ethyl adjacent to an activating group) is 1. The average molecular weight is 519 g/mol. The first kappa shape index (κ1) is 32.4. The SMILES string of the molecule is C[N+](C)(C)CCO.O=C(O)c1ccccc1O.O=C(O)c1ccccc1O.O=C(O)c1ccccc1O. The number of carboxylic acid groups (broad SMARTS) is 3. The molecule has 0 bridgehead atoms. The number of aromatic hydroxyl groups is 3. The number of quaternary nitrogens is 1. The molecule has 200 valence electrons. The number of aromatic carboxylic acids is 3. The van der Waals surface area contributed by atoms with Crippen molar-refractivity contribution in [3.05, 3.63) is 89.5 Å². The first-order valence-corrected chi connectivity index (χ1v) is 10.7. The number of phenols is 3. The van der Waals surface area contributed by atoms with Crippen molar-refractivity contribution in [3.8, 4) is 17.2 Å². The fourth-order valence-corrected chi connectivity index (χ4v) is 2.26. The molecule has 0 unspecified atom stereocenters. The standard InChI is InChI=1S/3C7H6O3.C5H14NO/c3*8-6-4-2-1-3-5(6)7(9)10;1-6(2,3)4-5-7/h3*1-4,8H,(H,9,10);7H,4-5H2,1-3H3/q;;;+1. The molecule has 0 radical (unpaired) electrons. The third-order valence-electron chi connectivity index (χ3n) is 4.17. The van der Waals surface area contributed by atoms with Gasteiger partial charge in [0.25, 0.3) is 0 Å². The number of aliphatic hydroxyl groups excluding tert-OH is 1. The average Bonchev–Trinajstić information content (AvgIpc) is 2.80. The zero-order chi connectivity index (χ0) is 28.6. The first-order chi connectivity index (χ1) is 17.2. The summed E-state index contributed by atoms with van der Waals surface area (Å²) in [4.78, 5) is 30.8. The van der Waals surface area contributed by atoms with E-state index in [4.69, 9.17) is 35.7 Å². The van der Waals surface area contributed by atoms with Gasteiger partial charge in [0.15, 0.2) is 0 Å². The van der Waals surface area contributed by atoms with Gasteiger partial charge in [-0.3, -0.25) is 0 Å². The van der Waals surface area contributed by atoms with Crippen molar-refractivity contribution in [2.24, 2.45) is 0 Å². The van der Waals surface area contributed by atoms with E-state index in [1.165, 1.54) is 36.4 Å². The lowest BCUT2D eigenvalue weighted by Crippen LogP contribution is -2.36. The van der Waals surface area contributed by atoms with Gasteiger partial charge in [0.05, 0.1) is 27.7 Å². The van der Waals surface area contributed by atoms with Gasteiger partial charge in [-0.05, 0) is 36.4 Å². The van der Waals surface area contributed by atoms with Crippen LogP contribution >= 0.6 is 0 Å². The highest BCUT2D eigenvalue weighted by atomic mass is 16.4. The summed E-state index contributed by atoms with van der Waals surface area (Å²) in [7, 11) is 6.16. The molecule has 0 spiro atoms. The molecule has 7 N–H and O–H groups in total. The zero-order valence-electron chi connectivity index (χ0n) is 20.6. The number of carboxylic acids is 3. The fourth-order valence-electron chi connectivity index (χ4n) is 2.26. The second-order valence-electron chi connectivity index (χ2n) is 8.20. The van der Waals surface area contributed by atoms with Gasteiger partial charge >= 0.3 is 17.9 Å². The third-order valence-corrected chi connectivity index (χ3v) is 4.17.